The van der Waals surface area contributed by atoms with Crippen molar-refractivity contribution in [3.05, 3.63) is 33.8 Å². The Bertz CT molecular complexity index is 921. The van der Waals surface area contributed by atoms with Crippen molar-refractivity contribution in [1.82, 2.24) is 19.1 Å². The summed E-state index contributed by atoms with van der Waals surface area (Å²) >= 11 is 0. The number of aromatic hydroxyl groups is 1. The third-order valence-corrected chi connectivity index (χ3v) is 3.50. The molecule has 0 saturated heterocycles. The zero-order valence-electron chi connectivity index (χ0n) is 14.6. The van der Waals surface area contributed by atoms with E-state index in [1.807, 2.05) is 13.8 Å². The molecular formula is C16H21N5O4. The highest BCUT2D eigenvalue weighted by molar-refractivity contribution is 5.95. The predicted molar refractivity (Wildman–Crippen MR) is 92.2 cm³/mol. The third kappa shape index (κ3) is 3.54. The summed E-state index contributed by atoms with van der Waals surface area (Å²) in [6.07, 6.45) is 2.78. The van der Waals surface area contributed by atoms with Gasteiger partial charge in [-0.15, -0.1) is 0 Å². The molecule has 25 heavy (non-hydrogen) atoms. The molecule has 0 aromatic carbocycles. The van der Waals surface area contributed by atoms with Crippen LogP contribution in [0.3, 0.4) is 0 Å². The highest BCUT2D eigenvalue weighted by Gasteiger charge is 2.22. The number of likely N-dealkylation sites (N-methyl/N-ethyl adjacent to an activating group) is 1. The lowest BCUT2D eigenvalue weighted by Gasteiger charge is -2.13. The average Bonchev–Trinajstić information content (AvgIpc) is 2.93. The zero-order chi connectivity index (χ0) is 18.9. The van der Waals surface area contributed by atoms with Gasteiger partial charge in [-0.05, 0) is 12.0 Å². The largest absolute Gasteiger partial charge is 0.492 e. The maximum atomic E-state index is 12.5. The van der Waals surface area contributed by atoms with Crippen LogP contribution < -0.4 is 11.3 Å². The summed E-state index contributed by atoms with van der Waals surface area (Å²) in [5.74, 6) is -1.78. The van der Waals surface area contributed by atoms with Crippen molar-refractivity contribution in [1.29, 1.82) is 0 Å². The van der Waals surface area contributed by atoms with Gasteiger partial charge in [0, 0.05) is 32.8 Å². The van der Waals surface area contributed by atoms with Crippen molar-refractivity contribution < 1.29 is 14.7 Å². The molecule has 134 valence electrons. The molecule has 0 fully saturated rings. The fourth-order valence-corrected chi connectivity index (χ4v) is 2.32. The molecule has 0 atom stereocenters. The molecule has 0 aliphatic carbocycles. The number of carbonyl (C=O) groups excluding carboxylic acids is 2. The lowest BCUT2D eigenvalue weighted by atomic mass is 10.2. The minimum absolute atomic E-state index is 0.107. The molecule has 0 aliphatic rings. The SMILES string of the molecule is CC(C)Cn1c(=O)c(C(N)=O)c(O)n2nc(C=CC(=O)N(C)C)cc12. The number of primary amides is 1. The molecule has 0 bridgehead atoms. The van der Waals surface area contributed by atoms with Crippen LogP contribution in [0, 0.1) is 5.92 Å². The van der Waals surface area contributed by atoms with Crippen LogP contribution in [0.1, 0.15) is 29.9 Å². The van der Waals surface area contributed by atoms with Crippen molar-refractivity contribution in [2.75, 3.05) is 14.1 Å². The van der Waals surface area contributed by atoms with E-state index >= 15 is 0 Å². The molecule has 2 rings (SSSR count). The number of hydrogen-bond acceptors (Lipinski definition) is 5. The predicted octanol–water partition coefficient (Wildman–Crippen LogP) is 0.0579. The van der Waals surface area contributed by atoms with Gasteiger partial charge >= 0.3 is 0 Å². The van der Waals surface area contributed by atoms with Crippen molar-refractivity contribution in [3.63, 3.8) is 0 Å². The number of aromatic nitrogens is 3. The first-order chi connectivity index (χ1) is 11.6. The van der Waals surface area contributed by atoms with E-state index in [4.69, 9.17) is 5.73 Å². The van der Waals surface area contributed by atoms with Crippen LogP contribution in [0.5, 0.6) is 5.88 Å². The quantitative estimate of drug-likeness (QED) is 0.740. The number of hydrogen-bond donors (Lipinski definition) is 2. The monoisotopic (exact) mass is 347 g/mol. The molecule has 9 nitrogen and oxygen atoms in total. The first kappa shape index (κ1) is 18.2. The lowest BCUT2D eigenvalue weighted by molar-refractivity contribution is -0.123. The van der Waals surface area contributed by atoms with Gasteiger partial charge in [0.2, 0.25) is 11.8 Å². The number of nitrogens with two attached hydrogens (primary N) is 1. The van der Waals surface area contributed by atoms with Crippen molar-refractivity contribution in [2.24, 2.45) is 11.7 Å². The molecule has 0 saturated carbocycles. The molecule has 0 radical (unpaired) electrons. The molecule has 2 aromatic heterocycles. The van der Waals surface area contributed by atoms with E-state index < -0.39 is 22.9 Å². The lowest BCUT2D eigenvalue weighted by Crippen LogP contribution is -2.32. The van der Waals surface area contributed by atoms with E-state index in [-0.39, 0.29) is 11.8 Å². The summed E-state index contributed by atoms with van der Waals surface area (Å²) in [5.41, 5.74) is 4.69. The fraction of sp³-hybridized carbons (Fsp3) is 0.375. The molecule has 0 aliphatic heterocycles. The summed E-state index contributed by atoms with van der Waals surface area (Å²) in [7, 11) is 3.23. The molecule has 0 spiro atoms. The third-order valence-electron chi connectivity index (χ3n) is 3.50. The molecule has 2 amide bonds. The van der Waals surface area contributed by atoms with E-state index in [1.165, 1.54) is 21.6 Å². The van der Waals surface area contributed by atoms with Gasteiger partial charge < -0.3 is 15.7 Å². The van der Waals surface area contributed by atoms with Crippen LogP contribution in [-0.2, 0) is 11.3 Å². The van der Waals surface area contributed by atoms with Gasteiger partial charge in [0.15, 0.2) is 5.56 Å². The summed E-state index contributed by atoms with van der Waals surface area (Å²) in [5, 5.41) is 14.4. The number of fused-ring (bicyclic) bond motifs is 1. The molecule has 0 unspecified atom stereocenters. The smallest absolute Gasteiger partial charge is 0.270 e. The summed E-state index contributed by atoms with van der Waals surface area (Å²) in [6, 6.07) is 1.55. The molecule has 9 heteroatoms. The van der Waals surface area contributed by atoms with Crippen LogP contribution in [0.15, 0.2) is 16.9 Å². The van der Waals surface area contributed by atoms with Gasteiger partial charge in [0.05, 0.1) is 5.69 Å². The van der Waals surface area contributed by atoms with Gasteiger partial charge in [-0.25, -0.2) is 0 Å². The zero-order valence-corrected chi connectivity index (χ0v) is 14.6. The van der Waals surface area contributed by atoms with Gasteiger partial charge in [-0.3, -0.25) is 19.0 Å². The number of nitrogens with zero attached hydrogens (tertiary/aromatic N) is 4. The van der Waals surface area contributed by atoms with Crippen molar-refractivity contribution in [3.8, 4) is 5.88 Å². The number of rotatable bonds is 5. The van der Waals surface area contributed by atoms with Crippen molar-refractivity contribution >= 4 is 23.5 Å². The van der Waals surface area contributed by atoms with Gasteiger partial charge in [0.1, 0.15) is 5.65 Å². The second-order valence-electron chi connectivity index (χ2n) is 6.28. The Kier molecular flexibility index (Phi) is 4.96. The van der Waals surface area contributed by atoms with Gasteiger partial charge in [-0.1, -0.05) is 13.8 Å². The highest BCUT2D eigenvalue weighted by Crippen LogP contribution is 2.18. The molecule has 2 heterocycles. The second kappa shape index (κ2) is 6.80. The molecule has 2 aromatic rings. The second-order valence-corrected chi connectivity index (χ2v) is 6.28. The van der Waals surface area contributed by atoms with Crippen LogP contribution in [0.2, 0.25) is 0 Å². The minimum atomic E-state index is -1.03. The van der Waals surface area contributed by atoms with Crippen LogP contribution in [0.4, 0.5) is 0 Å². The maximum absolute atomic E-state index is 12.5. The maximum Gasteiger partial charge on any atom is 0.270 e. The van der Waals surface area contributed by atoms with Crippen molar-refractivity contribution in [2.45, 2.75) is 20.4 Å². The summed E-state index contributed by atoms with van der Waals surface area (Å²) in [4.78, 5) is 37.1. The van der Waals surface area contributed by atoms with Crippen LogP contribution in [0.25, 0.3) is 11.7 Å². The van der Waals surface area contributed by atoms with Gasteiger partial charge in [-0.2, -0.15) is 9.61 Å². The van der Waals surface area contributed by atoms with E-state index in [0.29, 0.717) is 17.9 Å². The standard InChI is InChI=1S/C16H21N5O4/c1-9(2)8-20-11-7-10(5-6-12(22)19(3)4)18-21(11)16(25)13(14(17)23)15(20)24/h5-7,9,25H,8H2,1-4H3,(H2,17,23). The van der Waals surface area contributed by atoms with E-state index in [2.05, 4.69) is 5.10 Å². The normalized spacial score (nSPS) is 11.6. The number of amides is 2. The Morgan fingerprint density at radius 2 is 2.04 bits per heavy atom. The van der Waals surface area contributed by atoms with Crippen LogP contribution >= 0.6 is 0 Å². The topological polar surface area (TPSA) is 123 Å². The molecule has 3 N–H and O–H groups in total. The molecular weight excluding hydrogens is 326 g/mol. The Morgan fingerprint density at radius 3 is 2.56 bits per heavy atom. The van der Waals surface area contributed by atoms with E-state index in [0.717, 1.165) is 4.52 Å². The van der Waals surface area contributed by atoms with E-state index in [1.54, 1.807) is 20.2 Å². The first-order valence-electron chi connectivity index (χ1n) is 7.68. The Hall–Kier alpha value is -3.10. The van der Waals surface area contributed by atoms with Crippen LogP contribution in [-0.4, -0.2) is 50.1 Å². The summed E-state index contributed by atoms with van der Waals surface area (Å²) < 4.78 is 2.41. The first-order valence-corrected chi connectivity index (χ1v) is 7.68. The minimum Gasteiger partial charge on any atom is -0.492 e. The highest BCUT2D eigenvalue weighted by atomic mass is 16.3. The van der Waals surface area contributed by atoms with Gasteiger partial charge in [0.25, 0.3) is 11.5 Å². The Labute approximate surface area is 144 Å². The Balaban J connectivity index is 2.70. The average molecular weight is 347 g/mol. The summed E-state index contributed by atoms with van der Waals surface area (Å²) in [6.45, 7) is 4.13. The number of carbonyl (C=O) groups is 2. The van der Waals surface area contributed by atoms with E-state index in [9.17, 15) is 19.5 Å². The Morgan fingerprint density at radius 1 is 1.40 bits per heavy atom. The fourth-order valence-electron chi connectivity index (χ4n) is 2.32.